The van der Waals surface area contributed by atoms with E-state index in [1.54, 1.807) is 0 Å². The molecule has 0 aliphatic rings. The van der Waals surface area contributed by atoms with Crippen LogP contribution < -0.4 is 5.73 Å². The van der Waals surface area contributed by atoms with Crippen LogP contribution in [-0.2, 0) is 0 Å². The first kappa shape index (κ1) is 12.0. The Morgan fingerprint density at radius 3 is 2.72 bits per heavy atom. The summed E-state index contributed by atoms with van der Waals surface area (Å²) in [5.41, 5.74) is 4.90. The van der Waals surface area contributed by atoms with E-state index in [9.17, 15) is 13.6 Å². The van der Waals surface area contributed by atoms with Crippen LogP contribution >= 0.6 is 0 Å². The van der Waals surface area contributed by atoms with Gasteiger partial charge in [0, 0.05) is 5.56 Å². The largest absolute Gasteiger partial charge is 0.478 e. The van der Waals surface area contributed by atoms with Gasteiger partial charge in [0.1, 0.15) is 0 Å². The molecule has 2 aromatic rings. The van der Waals surface area contributed by atoms with Crippen LogP contribution in [0, 0.1) is 11.6 Å². The summed E-state index contributed by atoms with van der Waals surface area (Å²) in [6.07, 6.45) is 1.19. The topological polar surface area (TPSA) is 76.2 Å². The molecule has 18 heavy (non-hydrogen) atoms. The number of hydrogen-bond donors (Lipinski definition) is 2. The summed E-state index contributed by atoms with van der Waals surface area (Å²) >= 11 is 0. The van der Waals surface area contributed by atoms with Crippen LogP contribution in [-0.4, -0.2) is 16.1 Å². The summed E-state index contributed by atoms with van der Waals surface area (Å²) in [6, 6.07) is 4.62. The third-order valence-corrected chi connectivity index (χ3v) is 2.35. The molecular formula is C12H8F2N2O2. The number of nitrogen functional groups attached to an aromatic ring is 1. The standard InChI is InChI=1S/C12H8F2N2O2/c13-9-3-1-2-7(10(9)14)11-8(12(17)18)4-6(15)5-16-11/h1-5H,15H2,(H,17,18). The van der Waals surface area contributed by atoms with Crippen LogP contribution in [0.4, 0.5) is 14.5 Å². The lowest BCUT2D eigenvalue weighted by atomic mass is 10.0. The Hall–Kier alpha value is -2.50. The number of anilines is 1. The van der Waals surface area contributed by atoms with Crippen molar-refractivity contribution in [3.05, 3.63) is 47.7 Å². The molecule has 0 saturated heterocycles. The molecule has 0 bridgehead atoms. The van der Waals surface area contributed by atoms with Gasteiger partial charge in [-0.05, 0) is 18.2 Å². The summed E-state index contributed by atoms with van der Waals surface area (Å²) in [4.78, 5) is 14.8. The molecule has 0 spiro atoms. The first-order chi connectivity index (χ1) is 8.50. The van der Waals surface area contributed by atoms with Crippen molar-refractivity contribution in [1.29, 1.82) is 0 Å². The molecule has 0 fully saturated rings. The average molecular weight is 250 g/mol. The van der Waals surface area contributed by atoms with Gasteiger partial charge in [-0.25, -0.2) is 13.6 Å². The molecule has 0 aliphatic carbocycles. The highest BCUT2D eigenvalue weighted by atomic mass is 19.2. The summed E-state index contributed by atoms with van der Waals surface area (Å²) in [5.74, 6) is -3.52. The molecule has 1 heterocycles. The zero-order valence-electron chi connectivity index (χ0n) is 9.02. The van der Waals surface area contributed by atoms with Gasteiger partial charge in [0.25, 0.3) is 0 Å². The maximum atomic E-state index is 13.6. The van der Waals surface area contributed by atoms with Crippen molar-refractivity contribution >= 4 is 11.7 Å². The smallest absolute Gasteiger partial charge is 0.337 e. The number of aromatic nitrogens is 1. The van der Waals surface area contributed by atoms with E-state index in [1.165, 1.54) is 18.3 Å². The van der Waals surface area contributed by atoms with Crippen LogP contribution in [0.5, 0.6) is 0 Å². The molecule has 6 heteroatoms. The number of halogens is 2. The summed E-state index contributed by atoms with van der Waals surface area (Å²) in [5, 5.41) is 9.00. The Balaban J connectivity index is 2.71. The third-order valence-electron chi connectivity index (χ3n) is 2.35. The van der Waals surface area contributed by atoms with E-state index in [0.717, 1.165) is 12.1 Å². The number of carboxylic acid groups (broad SMARTS) is 1. The molecule has 2 rings (SSSR count). The van der Waals surface area contributed by atoms with Gasteiger partial charge < -0.3 is 10.8 Å². The van der Waals surface area contributed by atoms with Crippen molar-refractivity contribution < 1.29 is 18.7 Å². The third kappa shape index (κ3) is 2.00. The fourth-order valence-electron chi connectivity index (χ4n) is 1.55. The number of pyridine rings is 1. The molecule has 0 unspecified atom stereocenters. The predicted octanol–water partition coefficient (Wildman–Crippen LogP) is 2.31. The van der Waals surface area contributed by atoms with E-state index in [-0.39, 0.29) is 22.5 Å². The number of benzene rings is 1. The predicted molar refractivity (Wildman–Crippen MR) is 61.0 cm³/mol. The Bertz CT molecular complexity index is 629. The highest BCUT2D eigenvalue weighted by Crippen LogP contribution is 2.26. The van der Waals surface area contributed by atoms with Crippen LogP contribution in [0.2, 0.25) is 0 Å². The van der Waals surface area contributed by atoms with Crippen molar-refractivity contribution in [1.82, 2.24) is 4.98 Å². The second kappa shape index (κ2) is 4.40. The van der Waals surface area contributed by atoms with E-state index >= 15 is 0 Å². The number of rotatable bonds is 2. The molecular weight excluding hydrogens is 242 g/mol. The molecule has 0 amide bonds. The van der Waals surface area contributed by atoms with Gasteiger partial charge in [-0.1, -0.05) is 6.07 Å². The van der Waals surface area contributed by atoms with Crippen molar-refractivity contribution in [2.75, 3.05) is 5.73 Å². The number of aromatic carboxylic acids is 1. The lowest BCUT2D eigenvalue weighted by Crippen LogP contribution is -2.04. The first-order valence-electron chi connectivity index (χ1n) is 4.94. The van der Waals surface area contributed by atoms with E-state index in [0.29, 0.717) is 0 Å². The number of carbonyl (C=O) groups is 1. The highest BCUT2D eigenvalue weighted by Gasteiger charge is 2.18. The van der Waals surface area contributed by atoms with Crippen molar-refractivity contribution in [2.24, 2.45) is 0 Å². The van der Waals surface area contributed by atoms with Gasteiger partial charge in [-0.2, -0.15) is 0 Å². The normalized spacial score (nSPS) is 10.3. The maximum absolute atomic E-state index is 13.6. The molecule has 92 valence electrons. The van der Waals surface area contributed by atoms with Gasteiger partial charge in [0.05, 0.1) is 23.1 Å². The number of nitrogens with two attached hydrogens (primary N) is 1. The van der Waals surface area contributed by atoms with E-state index < -0.39 is 17.6 Å². The van der Waals surface area contributed by atoms with E-state index in [4.69, 9.17) is 10.8 Å². The lowest BCUT2D eigenvalue weighted by molar-refractivity contribution is 0.0697. The monoisotopic (exact) mass is 250 g/mol. The van der Waals surface area contributed by atoms with Crippen molar-refractivity contribution in [3.8, 4) is 11.3 Å². The quantitative estimate of drug-likeness (QED) is 0.857. The molecule has 3 N–H and O–H groups in total. The minimum absolute atomic E-state index is 0.132. The van der Waals surface area contributed by atoms with E-state index in [2.05, 4.69) is 4.98 Å². The highest BCUT2D eigenvalue weighted by molar-refractivity contribution is 5.95. The zero-order chi connectivity index (χ0) is 13.3. The Labute approximate surface area is 101 Å². The number of nitrogens with zero attached hydrogens (tertiary/aromatic N) is 1. The molecule has 0 aliphatic heterocycles. The van der Waals surface area contributed by atoms with Crippen LogP contribution in [0.25, 0.3) is 11.3 Å². The Morgan fingerprint density at radius 2 is 2.06 bits per heavy atom. The lowest BCUT2D eigenvalue weighted by Gasteiger charge is -2.07. The van der Waals surface area contributed by atoms with Gasteiger partial charge in [-0.3, -0.25) is 4.98 Å². The van der Waals surface area contributed by atoms with Crippen molar-refractivity contribution in [2.45, 2.75) is 0 Å². The van der Waals surface area contributed by atoms with Crippen LogP contribution in [0.3, 0.4) is 0 Å². The number of carboxylic acids is 1. The van der Waals surface area contributed by atoms with Crippen LogP contribution in [0.15, 0.2) is 30.5 Å². The first-order valence-corrected chi connectivity index (χ1v) is 4.94. The zero-order valence-corrected chi connectivity index (χ0v) is 9.02. The summed E-state index contributed by atoms with van der Waals surface area (Å²) in [7, 11) is 0. The van der Waals surface area contributed by atoms with Gasteiger partial charge in [0.15, 0.2) is 11.6 Å². The van der Waals surface area contributed by atoms with Gasteiger partial charge in [0.2, 0.25) is 0 Å². The summed E-state index contributed by atoms with van der Waals surface area (Å²) < 4.78 is 26.7. The fraction of sp³-hybridized carbons (Fsp3) is 0. The average Bonchev–Trinajstić information content (AvgIpc) is 2.33. The SMILES string of the molecule is Nc1cnc(-c2cccc(F)c2F)c(C(=O)O)c1. The second-order valence-electron chi connectivity index (χ2n) is 3.57. The Morgan fingerprint density at radius 1 is 1.33 bits per heavy atom. The maximum Gasteiger partial charge on any atom is 0.337 e. The van der Waals surface area contributed by atoms with Crippen LogP contribution in [0.1, 0.15) is 10.4 Å². The molecule has 1 aromatic carbocycles. The summed E-state index contributed by atoms with van der Waals surface area (Å²) in [6.45, 7) is 0. The number of hydrogen-bond acceptors (Lipinski definition) is 3. The van der Waals surface area contributed by atoms with Gasteiger partial charge in [-0.15, -0.1) is 0 Å². The molecule has 0 radical (unpaired) electrons. The van der Waals surface area contributed by atoms with E-state index in [1.807, 2.05) is 0 Å². The Kier molecular flexibility index (Phi) is 2.93. The molecule has 4 nitrogen and oxygen atoms in total. The fourth-order valence-corrected chi connectivity index (χ4v) is 1.55. The molecule has 0 saturated carbocycles. The minimum atomic E-state index is -1.31. The molecule has 1 aromatic heterocycles. The molecule has 0 atom stereocenters. The second-order valence-corrected chi connectivity index (χ2v) is 3.57. The van der Waals surface area contributed by atoms with Crippen molar-refractivity contribution in [3.63, 3.8) is 0 Å². The minimum Gasteiger partial charge on any atom is -0.478 e. The van der Waals surface area contributed by atoms with Gasteiger partial charge >= 0.3 is 5.97 Å².